The molecule has 0 heterocycles. The molecule has 1 unspecified atom stereocenters. The zero-order valence-electron chi connectivity index (χ0n) is 13.7. The Morgan fingerprint density at radius 1 is 0.917 bits per heavy atom. The molecule has 4 nitrogen and oxygen atoms in total. The molecule has 0 aliphatic heterocycles. The highest BCUT2D eigenvalue weighted by atomic mass is 32.2. The lowest BCUT2D eigenvalue weighted by Crippen LogP contribution is -2.37. The standard InChI is InChI=1S/C19H22N2O2S/c1-15(24-14-16-8-4-2-5-9-16)18(22)20-12-13-21-19(23)17-10-6-3-7-11-17/h2-11,15H,12-14H2,1H3,(H,20,22)(H,21,23). The van der Waals surface area contributed by atoms with Crippen LogP contribution in [0.5, 0.6) is 0 Å². The maximum Gasteiger partial charge on any atom is 0.251 e. The highest BCUT2D eigenvalue weighted by Gasteiger charge is 2.13. The summed E-state index contributed by atoms with van der Waals surface area (Å²) in [6.45, 7) is 2.73. The lowest BCUT2D eigenvalue weighted by atomic mass is 10.2. The van der Waals surface area contributed by atoms with Gasteiger partial charge < -0.3 is 10.6 Å². The number of nitrogens with one attached hydrogen (secondary N) is 2. The Hall–Kier alpha value is -2.27. The van der Waals surface area contributed by atoms with Gasteiger partial charge in [-0.1, -0.05) is 48.5 Å². The highest BCUT2D eigenvalue weighted by Crippen LogP contribution is 2.17. The van der Waals surface area contributed by atoms with Crippen LogP contribution in [0.2, 0.25) is 0 Å². The van der Waals surface area contributed by atoms with Gasteiger partial charge >= 0.3 is 0 Å². The number of hydrogen-bond donors (Lipinski definition) is 2. The number of carbonyl (C=O) groups excluding carboxylic acids is 2. The zero-order valence-corrected chi connectivity index (χ0v) is 14.5. The summed E-state index contributed by atoms with van der Waals surface area (Å²) in [5.41, 5.74) is 1.83. The molecule has 5 heteroatoms. The molecule has 0 radical (unpaired) electrons. The fourth-order valence-electron chi connectivity index (χ4n) is 2.07. The SMILES string of the molecule is CC(SCc1ccccc1)C(=O)NCCNC(=O)c1ccccc1. The monoisotopic (exact) mass is 342 g/mol. The van der Waals surface area contributed by atoms with Crippen molar-refractivity contribution in [3.05, 3.63) is 71.8 Å². The van der Waals surface area contributed by atoms with Gasteiger partial charge in [-0.3, -0.25) is 9.59 Å². The van der Waals surface area contributed by atoms with E-state index in [9.17, 15) is 9.59 Å². The number of thioether (sulfide) groups is 1. The van der Waals surface area contributed by atoms with Crippen LogP contribution in [0, 0.1) is 0 Å². The third-order valence-electron chi connectivity index (χ3n) is 3.46. The van der Waals surface area contributed by atoms with E-state index in [2.05, 4.69) is 22.8 Å². The van der Waals surface area contributed by atoms with Crippen LogP contribution in [-0.4, -0.2) is 30.2 Å². The van der Waals surface area contributed by atoms with E-state index in [1.165, 1.54) is 5.56 Å². The first-order valence-electron chi connectivity index (χ1n) is 7.93. The number of carbonyl (C=O) groups is 2. The van der Waals surface area contributed by atoms with Crippen LogP contribution in [0.25, 0.3) is 0 Å². The van der Waals surface area contributed by atoms with E-state index < -0.39 is 0 Å². The van der Waals surface area contributed by atoms with Crippen molar-refractivity contribution >= 4 is 23.6 Å². The molecule has 0 aliphatic carbocycles. The van der Waals surface area contributed by atoms with Crippen LogP contribution in [0.15, 0.2) is 60.7 Å². The third-order valence-corrected chi connectivity index (χ3v) is 4.67. The minimum absolute atomic E-state index is 0.00936. The maximum atomic E-state index is 12.0. The van der Waals surface area contributed by atoms with E-state index in [-0.39, 0.29) is 17.1 Å². The largest absolute Gasteiger partial charge is 0.353 e. The van der Waals surface area contributed by atoms with Crippen LogP contribution in [-0.2, 0) is 10.5 Å². The molecule has 2 N–H and O–H groups in total. The summed E-state index contributed by atoms with van der Waals surface area (Å²) < 4.78 is 0. The Labute approximate surface area is 147 Å². The third kappa shape index (κ3) is 6.08. The quantitative estimate of drug-likeness (QED) is 0.725. The van der Waals surface area contributed by atoms with Crippen LogP contribution in [0.3, 0.4) is 0 Å². The van der Waals surface area contributed by atoms with Crippen molar-refractivity contribution in [1.82, 2.24) is 10.6 Å². The number of benzene rings is 2. The van der Waals surface area contributed by atoms with E-state index in [1.807, 2.05) is 43.3 Å². The van der Waals surface area contributed by atoms with Gasteiger partial charge in [0.2, 0.25) is 5.91 Å². The van der Waals surface area contributed by atoms with E-state index in [0.717, 1.165) is 5.75 Å². The smallest absolute Gasteiger partial charge is 0.251 e. The molecular formula is C19H22N2O2S. The van der Waals surface area contributed by atoms with Gasteiger partial charge in [0.15, 0.2) is 0 Å². The van der Waals surface area contributed by atoms with Crippen molar-refractivity contribution in [1.29, 1.82) is 0 Å². The summed E-state index contributed by atoms with van der Waals surface area (Å²) in [5.74, 6) is 0.668. The summed E-state index contributed by atoms with van der Waals surface area (Å²) in [6.07, 6.45) is 0. The maximum absolute atomic E-state index is 12.0. The molecule has 0 aliphatic rings. The first kappa shape index (κ1) is 18.1. The van der Waals surface area contributed by atoms with Crippen LogP contribution < -0.4 is 10.6 Å². The summed E-state index contributed by atoms with van der Waals surface area (Å²) in [5, 5.41) is 5.51. The van der Waals surface area contributed by atoms with E-state index >= 15 is 0 Å². The summed E-state index contributed by atoms with van der Waals surface area (Å²) in [7, 11) is 0. The Morgan fingerprint density at radius 3 is 2.17 bits per heavy atom. The van der Waals surface area contributed by atoms with E-state index in [1.54, 1.807) is 23.9 Å². The molecule has 1 atom stereocenters. The summed E-state index contributed by atoms with van der Waals surface area (Å²) in [6, 6.07) is 19.1. The normalized spacial score (nSPS) is 11.5. The average Bonchev–Trinajstić information content (AvgIpc) is 2.64. The van der Waals surface area contributed by atoms with Crippen molar-refractivity contribution < 1.29 is 9.59 Å². The number of rotatable bonds is 8. The Balaban J connectivity index is 1.63. The van der Waals surface area contributed by atoms with Crippen molar-refractivity contribution in [2.24, 2.45) is 0 Å². The average molecular weight is 342 g/mol. The lowest BCUT2D eigenvalue weighted by molar-refractivity contribution is -0.120. The number of hydrogen-bond acceptors (Lipinski definition) is 3. The van der Waals surface area contributed by atoms with E-state index in [0.29, 0.717) is 18.7 Å². The molecule has 0 fully saturated rings. The molecule has 0 spiro atoms. The molecule has 0 aromatic heterocycles. The minimum Gasteiger partial charge on any atom is -0.353 e. The van der Waals surface area contributed by atoms with Gasteiger partial charge in [-0.05, 0) is 24.6 Å². The topological polar surface area (TPSA) is 58.2 Å². The minimum atomic E-state index is -0.130. The molecule has 2 rings (SSSR count). The molecule has 24 heavy (non-hydrogen) atoms. The predicted molar refractivity (Wildman–Crippen MR) is 99.0 cm³/mol. The van der Waals surface area contributed by atoms with Crippen LogP contribution in [0.1, 0.15) is 22.8 Å². The van der Waals surface area contributed by atoms with Crippen molar-refractivity contribution in [2.45, 2.75) is 17.9 Å². The lowest BCUT2D eigenvalue weighted by Gasteiger charge is -2.12. The van der Waals surface area contributed by atoms with Crippen molar-refractivity contribution in [2.75, 3.05) is 13.1 Å². The van der Waals surface area contributed by atoms with Gasteiger partial charge in [-0.25, -0.2) is 0 Å². The summed E-state index contributed by atoms with van der Waals surface area (Å²) >= 11 is 1.60. The van der Waals surface area contributed by atoms with Gasteiger partial charge in [0.25, 0.3) is 5.91 Å². The molecular weight excluding hydrogens is 320 g/mol. The first-order chi connectivity index (χ1) is 11.7. The molecule has 0 saturated carbocycles. The van der Waals surface area contributed by atoms with Crippen molar-refractivity contribution in [3.63, 3.8) is 0 Å². The van der Waals surface area contributed by atoms with Crippen molar-refractivity contribution in [3.8, 4) is 0 Å². The fraction of sp³-hybridized carbons (Fsp3) is 0.263. The second-order valence-corrected chi connectivity index (χ2v) is 6.68. The van der Waals surface area contributed by atoms with Gasteiger partial charge in [0.05, 0.1) is 5.25 Å². The van der Waals surface area contributed by atoms with Gasteiger partial charge in [0, 0.05) is 24.4 Å². The zero-order chi connectivity index (χ0) is 17.2. The second-order valence-electron chi connectivity index (χ2n) is 5.35. The van der Waals surface area contributed by atoms with Gasteiger partial charge in [-0.2, -0.15) is 0 Å². The summed E-state index contributed by atoms with van der Waals surface area (Å²) in [4.78, 5) is 23.9. The molecule has 0 saturated heterocycles. The van der Waals surface area contributed by atoms with Crippen LogP contribution >= 0.6 is 11.8 Å². The molecule has 2 amide bonds. The molecule has 126 valence electrons. The molecule has 2 aromatic rings. The highest BCUT2D eigenvalue weighted by molar-refractivity contribution is 7.99. The van der Waals surface area contributed by atoms with Gasteiger partial charge in [0.1, 0.15) is 0 Å². The number of amides is 2. The fourth-order valence-corrected chi connectivity index (χ4v) is 2.94. The van der Waals surface area contributed by atoms with Gasteiger partial charge in [-0.15, -0.1) is 11.8 Å². The predicted octanol–water partition coefficient (Wildman–Crippen LogP) is 2.85. The van der Waals surface area contributed by atoms with E-state index in [4.69, 9.17) is 0 Å². The Morgan fingerprint density at radius 2 is 1.50 bits per heavy atom. The molecule has 2 aromatic carbocycles. The second kappa shape index (κ2) is 9.78. The Bertz CT molecular complexity index is 647. The van der Waals surface area contributed by atoms with Crippen LogP contribution in [0.4, 0.5) is 0 Å². The first-order valence-corrected chi connectivity index (χ1v) is 8.98. The Kier molecular flexibility index (Phi) is 7.36. The molecule has 0 bridgehead atoms.